The van der Waals surface area contributed by atoms with Gasteiger partial charge >= 0.3 is 5.97 Å². The first-order valence-corrected chi connectivity index (χ1v) is 10.4. The number of rotatable bonds is 6. The minimum absolute atomic E-state index is 0.0935. The Morgan fingerprint density at radius 1 is 1.03 bits per heavy atom. The first-order valence-electron chi connectivity index (χ1n) is 8.99. The van der Waals surface area contributed by atoms with Crippen LogP contribution in [0, 0.1) is 0 Å². The van der Waals surface area contributed by atoms with E-state index in [0.29, 0.717) is 17.2 Å². The molecule has 0 amide bonds. The Hall–Kier alpha value is -3.43. The minimum atomic E-state index is -3.56. The van der Waals surface area contributed by atoms with E-state index in [0.717, 1.165) is 15.3 Å². The molecule has 0 unspecified atom stereocenters. The van der Waals surface area contributed by atoms with Crippen molar-refractivity contribution in [2.45, 2.75) is 11.5 Å². The van der Waals surface area contributed by atoms with Gasteiger partial charge in [0.1, 0.15) is 17.9 Å². The fraction of sp³-hybridized carbons (Fsp3) is 0.143. The van der Waals surface area contributed by atoms with Gasteiger partial charge in [0.25, 0.3) is 0 Å². The van der Waals surface area contributed by atoms with Gasteiger partial charge in [0, 0.05) is 25.5 Å². The maximum Gasteiger partial charge on any atom is 0.338 e. The second-order valence-electron chi connectivity index (χ2n) is 6.72. The van der Waals surface area contributed by atoms with Gasteiger partial charge in [0.15, 0.2) is 5.76 Å². The summed E-state index contributed by atoms with van der Waals surface area (Å²) in [6.07, 6.45) is 0. The van der Waals surface area contributed by atoms with Gasteiger partial charge in [-0.25, -0.2) is 17.5 Å². The van der Waals surface area contributed by atoms with E-state index in [-0.39, 0.29) is 17.1 Å². The second-order valence-corrected chi connectivity index (χ2v) is 8.87. The van der Waals surface area contributed by atoms with Gasteiger partial charge in [-0.3, -0.25) is 0 Å². The Morgan fingerprint density at radius 3 is 2.47 bits per heavy atom. The van der Waals surface area contributed by atoms with Gasteiger partial charge < -0.3 is 13.7 Å². The summed E-state index contributed by atoms with van der Waals surface area (Å²) in [6.45, 7) is -0.0969. The van der Waals surface area contributed by atoms with Crippen molar-refractivity contribution in [3.05, 3.63) is 71.9 Å². The predicted octanol–water partition coefficient (Wildman–Crippen LogP) is 3.70. The molecule has 0 aliphatic rings. The number of nitrogens with zero attached hydrogens (tertiary/aromatic N) is 2. The molecule has 0 saturated carbocycles. The van der Waals surface area contributed by atoms with Crippen LogP contribution in [0.25, 0.3) is 22.5 Å². The van der Waals surface area contributed by atoms with E-state index in [9.17, 15) is 13.2 Å². The molecule has 0 atom stereocenters. The Balaban J connectivity index is 1.42. The first kappa shape index (κ1) is 19.9. The van der Waals surface area contributed by atoms with Crippen LogP contribution in [-0.2, 0) is 21.4 Å². The average molecular weight is 426 g/mol. The zero-order valence-corrected chi connectivity index (χ0v) is 17.0. The van der Waals surface area contributed by atoms with Crippen molar-refractivity contribution in [1.29, 1.82) is 0 Å². The number of hydrogen-bond donors (Lipinski definition) is 0. The monoisotopic (exact) mass is 426 g/mol. The van der Waals surface area contributed by atoms with Crippen LogP contribution >= 0.6 is 0 Å². The van der Waals surface area contributed by atoms with Crippen molar-refractivity contribution in [1.82, 2.24) is 9.46 Å². The summed E-state index contributed by atoms with van der Waals surface area (Å²) in [5.74, 6) is 0.353. The Kier molecular flexibility index (Phi) is 5.15. The number of para-hydroxylation sites is 1. The summed E-state index contributed by atoms with van der Waals surface area (Å²) >= 11 is 0. The number of ether oxygens (including phenoxy) is 1. The van der Waals surface area contributed by atoms with Crippen LogP contribution in [0.1, 0.15) is 16.1 Å². The van der Waals surface area contributed by atoms with E-state index in [4.69, 9.17) is 13.7 Å². The topological polar surface area (TPSA) is 103 Å². The minimum Gasteiger partial charge on any atom is -0.455 e. The van der Waals surface area contributed by atoms with Gasteiger partial charge in [-0.1, -0.05) is 23.4 Å². The number of sulfonamides is 1. The number of carbonyl (C=O) groups is 1. The molecule has 0 N–H and O–H groups in total. The van der Waals surface area contributed by atoms with Gasteiger partial charge in [0.2, 0.25) is 15.8 Å². The average Bonchev–Trinajstić information content (AvgIpc) is 3.38. The zero-order chi connectivity index (χ0) is 21.3. The lowest BCUT2D eigenvalue weighted by atomic mass is 10.2. The lowest BCUT2D eigenvalue weighted by molar-refractivity contribution is 0.0464. The highest BCUT2D eigenvalue weighted by atomic mass is 32.2. The zero-order valence-electron chi connectivity index (χ0n) is 16.2. The van der Waals surface area contributed by atoms with Crippen LogP contribution in [0.4, 0.5) is 0 Å². The molecule has 0 saturated heterocycles. The van der Waals surface area contributed by atoms with Crippen molar-refractivity contribution in [3.8, 4) is 11.5 Å². The fourth-order valence-corrected chi connectivity index (χ4v) is 3.70. The third-order valence-corrected chi connectivity index (χ3v) is 6.28. The highest BCUT2D eigenvalue weighted by molar-refractivity contribution is 7.89. The van der Waals surface area contributed by atoms with E-state index in [1.54, 1.807) is 6.07 Å². The third-order valence-electron chi connectivity index (χ3n) is 4.45. The Labute approximate surface area is 172 Å². The van der Waals surface area contributed by atoms with Crippen molar-refractivity contribution < 1.29 is 26.9 Å². The molecule has 0 radical (unpaired) electrons. The van der Waals surface area contributed by atoms with Gasteiger partial charge in [-0.15, -0.1) is 0 Å². The first-order chi connectivity index (χ1) is 14.3. The molecule has 0 fully saturated rings. The highest BCUT2D eigenvalue weighted by Gasteiger charge is 2.18. The number of hydrogen-bond acceptors (Lipinski definition) is 7. The molecule has 4 aromatic rings. The molecule has 0 aliphatic carbocycles. The van der Waals surface area contributed by atoms with Crippen molar-refractivity contribution in [2.75, 3.05) is 14.1 Å². The standard InChI is InChI=1S/C21H18N2O6S/c1-23(2)30(25,26)17-9-7-14(8-10-17)21(24)27-13-16-12-20(29-22-16)19-11-15-5-3-4-6-18(15)28-19/h3-12H,13H2,1-2H3. The number of furan rings is 1. The maximum absolute atomic E-state index is 12.2. The van der Waals surface area contributed by atoms with Gasteiger partial charge in [-0.2, -0.15) is 0 Å². The summed E-state index contributed by atoms with van der Waals surface area (Å²) in [5.41, 5.74) is 1.39. The number of esters is 1. The van der Waals surface area contributed by atoms with Crippen LogP contribution in [0.15, 0.2) is 74.5 Å². The normalized spacial score (nSPS) is 11.8. The molecule has 2 heterocycles. The predicted molar refractivity (Wildman–Crippen MR) is 108 cm³/mol. The van der Waals surface area contributed by atoms with Crippen molar-refractivity contribution >= 4 is 27.0 Å². The Morgan fingerprint density at radius 2 is 1.77 bits per heavy atom. The van der Waals surface area contributed by atoms with Crippen LogP contribution in [0.2, 0.25) is 0 Å². The van der Waals surface area contributed by atoms with E-state index < -0.39 is 16.0 Å². The molecule has 0 bridgehead atoms. The SMILES string of the molecule is CN(C)S(=O)(=O)c1ccc(C(=O)OCc2cc(-c3cc4ccccc4o3)on2)cc1. The summed E-state index contributed by atoms with van der Waals surface area (Å²) in [7, 11) is -0.679. The molecule has 154 valence electrons. The van der Waals surface area contributed by atoms with E-state index >= 15 is 0 Å². The summed E-state index contributed by atoms with van der Waals surface area (Å²) in [4.78, 5) is 12.3. The molecule has 30 heavy (non-hydrogen) atoms. The van der Waals surface area contributed by atoms with Gasteiger partial charge in [0.05, 0.1) is 10.5 Å². The molecule has 2 aromatic heterocycles. The number of benzene rings is 2. The molecule has 8 nitrogen and oxygen atoms in total. The van der Waals surface area contributed by atoms with E-state index in [1.807, 2.05) is 30.3 Å². The second kappa shape index (κ2) is 7.77. The van der Waals surface area contributed by atoms with Crippen LogP contribution in [0.3, 0.4) is 0 Å². The quantitative estimate of drug-likeness (QED) is 0.433. The van der Waals surface area contributed by atoms with Crippen LogP contribution < -0.4 is 0 Å². The maximum atomic E-state index is 12.2. The molecular formula is C21H18N2O6S. The van der Waals surface area contributed by atoms with E-state index in [1.165, 1.54) is 38.4 Å². The molecule has 4 rings (SSSR count). The number of aromatic nitrogens is 1. The van der Waals surface area contributed by atoms with Crippen molar-refractivity contribution in [2.24, 2.45) is 0 Å². The Bertz CT molecular complexity index is 1270. The fourth-order valence-electron chi connectivity index (χ4n) is 2.80. The summed E-state index contributed by atoms with van der Waals surface area (Å²) in [6, 6.07) is 16.6. The summed E-state index contributed by atoms with van der Waals surface area (Å²) < 4.78 is 41.5. The lowest BCUT2D eigenvalue weighted by Crippen LogP contribution is -2.22. The van der Waals surface area contributed by atoms with Crippen LogP contribution in [-0.4, -0.2) is 37.9 Å². The van der Waals surface area contributed by atoms with Crippen LogP contribution in [0.5, 0.6) is 0 Å². The number of fused-ring (bicyclic) bond motifs is 1. The molecule has 2 aromatic carbocycles. The van der Waals surface area contributed by atoms with Crippen molar-refractivity contribution in [3.63, 3.8) is 0 Å². The molecule has 0 aliphatic heterocycles. The van der Waals surface area contributed by atoms with Gasteiger partial charge in [-0.05, 0) is 36.4 Å². The number of carbonyl (C=O) groups excluding carboxylic acids is 1. The summed E-state index contributed by atoms with van der Waals surface area (Å²) in [5, 5.41) is 4.84. The molecular weight excluding hydrogens is 408 g/mol. The smallest absolute Gasteiger partial charge is 0.338 e. The highest BCUT2D eigenvalue weighted by Crippen LogP contribution is 2.28. The lowest BCUT2D eigenvalue weighted by Gasteiger charge is -2.11. The third kappa shape index (κ3) is 3.85. The van der Waals surface area contributed by atoms with E-state index in [2.05, 4.69) is 5.16 Å². The molecule has 9 heteroatoms. The largest absolute Gasteiger partial charge is 0.455 e. The molecule has 0 spiro atoms.